The van der Waals surface area contributed by atoms with Crippen LogP contribution in [0.3, 0.4) is 0 Å². The molecule has 9 heteroatoms. The fraction of sp³-hybridized carbons (Fsp3) is 0.292. The van der Waals surface area contributed by atoms with Crippen LogP contribution < -0.4 is 24.8 Å². The van der Waals surface area contributed by atoms with Crippen molar-refractivity contribution < 1.29 is 19.0 Å². The average molecular weight is 450 g/mol. The number of para-hydroxylation sites is 2. The van der Waals surface area contributed by atoms with Crippen molar-refractivity contribution in [3.05, 3.63) is 65.6 Å². The molecule has 1 aliphatic heterocycles. The van der Waals surface area contributed by atoms with Crippen LogP contribution in [0.2, 0.25) is 0 Å². The van der Waals surface area contributed by atoms with Crippen LogP contribution in [0, 0.1) is 0 Å². The van der Waals surface area contributed by atoms with Gasteiger partial charge in [-0.25, -0.2) is 4.68 Å². The highest BCUT2D eigenvalue weighted by atomic mass is 16.5. The molecule has 1 aliphatic rings. The number of hydrogen-bond acceptors (Lipinski definition) is 7. The zero-order valence-corrected chi connectivity index (χ0v) is 19.1. The fourth-order valence-electron chi connectivity index (χ4n) is 3.86. The van der Waals surface area contributed by atoms with Crippen LogP contribution in [-0.4, -0.2) is 41.0 Å². The number of rotatable bonds is 8. The molecule has 0 bridgehead atoms. The molecule has 2 heterocycles. The van der Waals surface area contributed by atoms with Crippen molar-refractivity contribution in [1.82, 2.24) is 14.8 Å². The van der Waals surface area contributed by atoms with Crippen molar-refractivity contribution in [1.29, 1.82) is 0 Å². The molecule has 0 aliphatic carbocycles. The second-order valence-corrected chi connectivity index (χ2v) is 7.32. The maximum Gasteiger partial charge on any atom is 0.255 e. The molecule has 3 aromatic rings. The van der Waals surface area contributed by atoms with Gasteiger partial charge in [-0.2, -0.15) is 10.1 Å². The summed E-state index contributed by atoms with van der Waals surface area (Å²) in [6, 6.07) is 12.4. The summed E-state index contributed by atoms with van der Waals surface area (Å²) >= 11 is 0. The molecule has 172 valence electrons. The minimum atomic E-state index is -0.521. The van der Waals surface area contributed by atoms with Gasteiger partial charge >= 0.3 is 0 Å². The van der Waals surface area contributed by atoms with Gasteiger partial charge in [-0.1, -0.05) is 18.2 Å². The van der Waals surface area contributed by atoms with Crippen LogP contribution in [0.25, 0.3) is 0 Å². The molecule has 0 spiro atoms. The lowest BCUT2D eigenvalue weighted by atomic mass is 9.94. The number of amides is 1. The molecule has 0 fully saturated rings. The SMILES string of the molecule is CCOc1ccccc1NC(=O)C1=C(C)Nc2ncnn2[C@H]1c1ccc(OCC)c(OC)c1. The Morgan fingerprint density at radius 2 is 1.85 bits per heavy atom. The summed E-state index contributed by atoms with van der Waals surface area (Å²) in [5.74, 6) is 2.10. The number of allylic oxidation sites excluding steroid dienone is 1. The largest absolute Gasteiger partial charge is 0.493 e. The minimum Gasteiger partial charge on any atom is -0.493 e. The number of carbonyl (C=O) groups excluding carboxylic acids is 1. The number of nitrogens with zero attached hydrogens (tertiary/aromatic N) is 3. The van der Waals surface area contributed by atoms with Crippen LogP contribution in [0.15, 0.2) is 60.1 Å². The Kier molecular flexibility index (Phi) is 6.48. The zero-order chi connectivity index (χ0) is 23.4. The first-order valence-electron chi connectivity index (χ1n) is 10.8. The van der Waals surface area contributed by atoms with Crippen LogP contribution in [0.5, 0.6) is 17.2 Å². The molecular weight excluding hydrogens is 422 g/mol. The summed E-state index contributed by atoms with van der Waals surface area (Å²) in [5, 5.41) is 10.6. The highest BCUT2D eigenvalue weighted by Gasteiger charge is 2.34. The van der Waals surface area contributed by atoms with Gasteiger partial charge in [-0.15, -0.1) is 0 Å². The first kappa shape index (κ1) is 22.2. The molecule has 4 rings (SSSR count). The number of carbonyl (C=O) groups is 1. The quantitative estimate of drug-likeness (QED) is 0.536. The topological polar surface area (TPSA) is 99.5 Å². The van der Waals surface area contributed by atoms with Gasteiger partial charge in [0.2, 0.25) is 5.95 Å². The van der Waals surface area contributed by atoms with Crippen LogP contribution in [0.1, 0.15) is 32.4 Å². The average Bonchev–Trinajstić information content (AvgIpc) is 3.28. The van der Waals surface area contributed by atoms with Crippen molar-refractivity contribution >= 4 is 17.5 Å². The molecule has 0 unspecified atom stereocenters. The Labute approximate surface area is 192 Å². The van der Waals surface area contributed by atoms with E-state index >= 15 is 0 Å². The number of hydrogen-bond donors (Lipinski definition) is 2. The molecule has 2 aromatic carbocycles. The van der Waals surface area contributed by atoms with Gasteiger partial charge in [-0.05, 0) is 50.6 Å². The number of methoxy groups -OCH3 is 1. The Balaban J connectivity index is 1.76. The van der Waals surface area contributed by atoms with E-state index in [2.05, 4.69) is 20.7 Å². The first-order chi connectivity index (χ1) is 16.1. The highest BCUT2D eigenvalue weighted by molar-refractivity contribution is 6.06. The number of fused-ring (bicyclic) bond motifs is 1. The van der Waals surface area contributed by atoms with Gasteiger partial charge in [0.25, 0.3) is 5.91 Å². The third-order valence-corrected chi connectivity index (χ3v) is 5.28. The molecule has 2 N–H and O–H groups in total. The zero-order valence-electron chi connectivity index (χ0n) is 19.1. The molecule has 0 saturated heterocycles. The normalized spacial score (nSPS) is 14.8. The van der Waals surface area contributed by atoms with Gasteiger partial charge in [0, 0.05) is 5.70 Å². The monoisotopic (exact) mass is 449 g/mol. The predicted molar refractivity (Wildman–Crippen MR) is 125 cm³/mol. The van der Waals surface area contributed by atoms with Gasteiger partial charge in [0.15, 0.2) is 11.5 Å². The lowest BCUT2D eigenvalue weighted by molar-refractivity contribution is -0.113. The van der Waals surface area contributed by atoms with Crippen LogP contribution in [-0.2, 0) is 4.79 Å². The number of ether oxygens (including phenoxy) is 3. The summed E-state index contributed by atoms with van der Waals surface area (Å²) < 4.78 is 18.6. The van der Waals surface area contributed by atoms with Gasteiger partial charge in [-0.3, -0.25) is 4.79 Å². The predicted octanol–water partition coefficient (Wildman–Crippen LogP) is 4.01. The molecule has 9 nitrogen and oxygen atoms in total. The number of aromatic nitrogens is 3. The van der Waals surface area contributed by atoms with Crippen LogP contribution in [0.4, 0.5) is 11.6 Å². The molecular formula is C24H27N5O4. The summed E-state index contributed by atoms with van der Waals surface area (Å²) in [5.41, 5.74) is 2.59. The molecule has 1 amide bonds. The maximum absolute atomic E-state index is 13.6. The summed E-state index contributed by atoms with van der Waals surface area (Å²) in [6.45, 7) is 6.67. The summed E-state index contributed by atoms with van der Waals surface area (Å²) in [7, 11) is 1.59. The van der Waals surface area contributed by atoms with E-state index in [1.54, 1.807) is 11.8 Å². The number of benzene rings is 2. The van der Waals surface area contributed by atoms with E-state index in [1.807, 2.05) is 63.2 Å². The van der Waals surface area contributed by atoms with Crippen LogP contribution >= 0.6 is 0 Å². The van der Waals surface area contributed by atoms with E-state index in [-0.39, 0.29) is 5.91 Å². The Morgan fingerprint density at radius 3 is 2.61 bits per heavy atom. The van der Waals surface area contributed by atoms with E-state index in [0.717, 1.165) is 5.56 Å². The molecule has 1 atom stereocenters. The van der Waals surface area contributed by atoms with Crippen molar-refractivity contribution in [3.8, 4) is 17.2 Å². The van der Waals surface area contributed by atoms with Gasteiger partial charge < -0.3 is 24.8 Å². The maximum atomic E-state index is 13.6. The van der Waals surface area contributed by atoms with E-state index in [4.69, 9.17) is 14.2 Å². The summed E-state index contributed by atoms with van der Waals surface area (Å²) in [4.78, 5) is 17.9. The van der Waals surface area contributed by atoms with Gasteiger partial charge in [0.05, 0.1) is 31.6 Å². The Bertz CT molecular complexity index is 1190. The van der Waals surface area contributed by atoms with E-state index in [9.17, 15) is 4.79 Å². The molecule has 1 aromatic heterocycles. The van der Waals surface area contributed by atoms with E-state index in [0.29, 0.717) is 53.4 Å². The van der Waals surface area contributed by atoms with Crippen molar-refractivity contribution in [2.24, 2.45) is 0 Å². The molecule has 33 heavy (non-hydrogen) atoms. The molecule has 0 saturated carbocycles. The van der Waals surface area contributed by atoms with Crippen molar-refractivity contribution in [3.63, 3.8) is 0 Å². The fourth-order valence-corrected chi connectivity index (χ4v) is 3.86. The number of anilines is 2. The third kappa shape index (κ3) is 4.34. The van der Waals surface area contributed by atoms with E-state index < -0.39 is 6.04 Å². The van der Waals surface area contributed by atoms with E-state index in [1.165, 1.54) is 6.33 Å². The standard InChI is InChI=1S/C24H27N5O4/c1-5-32-18-10-8-7-9-17(18)28-23(30)21-15(3)27-24-25-14-26-29(24)22(21)16-11-12-19(33-6-2)20(13-16)31-4/h7-14,22H,5-6H2,1-4H3,(H,28,30)(H,25,26,27)/t22-/m0/s1. The number of nitrogens with one attached hydrogen (secondary N) is 2. The lowest BCUT2D eigenvalue weighted by Crippen LogP contribution is -2.31. The minimum absolute atomic E-state index is 0.272. The van der Waals surface area contributed by atoms with Crippen molar-refractivity contribution in [2.75, 3.05) is 31.0 Å². The first-order valence-corrected chi connectivity index (χ1v) is 10.8. The lowest BCUT2D eigenvalue weighted by Gasteiger charge is -2.29. The molecule has 0 radical (unpaired) electrons. The van der Waals surface area contributed by atoms with Gasteiger partial charge in [0.1, 0.15) is 18.1 Å². The third-order valence-electron chi connectivity index (χ3n) is 5.28. The van der Waals surface area contributed by atoms with Crippen molar-refractivity contribution in [2.45, 2.75) is 26.8 Å². The second-order valence-electron chi connectivity index (χ2n) is 7.32. The highest BCUT2D eigenvalue weighted by Crippen LogP contribution is 2.39. The Morgan fingerprint density at radius 1 is 1.09 bits per heavy atom. The smallest absolute Gasteiger partial charge is 0.255 e. The second kappa shape index (κ2) is 9.64. The Hall–Kier alpha value is -4.01. The summed E-state index contributed by atoms with van der Waals surface area (Å²) in [6.07, 6.45) is 1.46.